The van der Waals surface area contributed by atoms with E-state index < -0.39 is 6.04 Å². The van der Waals surface area contributed by atoms with Crippen molar-refractivity contribution in [1.29, 1.82) is 0 Å². The zero-order valence-corrected chi connectivity index (χ0v) is 14.8. The van der Waals surface area contributed by atoms with Crippen LogP contribution in [0.4, 0.5) is 0 Å². The first-order chi connectivity index (χ1) is 12.7. The van der Waals surface area contributed by atoms with E-state index in [9.17, 15) is 9.59 Å². The lowest BCUT2D eigenvalue weighted by molar-refractivity contribution is -0.127. The molecule has 2 amide bonds. The molecule has 0 aromatic carbocycles. The molecule has 2 aliphatic rings. The standard InChI is InChI=1S/C20H24N4O2/c25-19(22-16-7-2-1-3-8-16)18-14-23-11-5-9-17(23)20(26)24(18)13-15-6-4-10-21-12-15/h4-6,9-12,16,18H,1-3,7-8,13-14H2,(H,22,25). The van der Waals surface area contributed by atoms with Gasteiger partial charge in [-0.3, -0.25) is 14.6 Å². The molecule has 1 atom stereocenters. The molecule has 136 valence electrons. The highest BCUT2D eigenvalue weighted by Crippen LogP contribution is 2.22. The van der Waals surface area contributed by atoms with Crippen molar-refractivity contribution in [2.45, 2.75) is 57.3 Å². The molecule has 4 rings (SSSR count). The minimum absolute atomic E-state index is 0.0477. The molecular weight excluding hydrogens is 328 g/mol. The second-order valence-electron chi connectivity index (χ2n) is 7.20. The molecule has 0 bridgehead atoms. The van der Waals surface area contributed by atoms with Gasteiger partial charge >= 0.3 is 0 Å². The first-order valence-corrected chi connectivity index (χ1v) is 9.38. The number of rotatable bonds is 4. The van der Waals surface area contributed by atoms with Crippen LogP contribution in [0.2, 0.25) is 0 Å². The molecule has 1 aliphatic heterocycles. The zero-order valence-electron chi connectivity index (χ0n) is 14.8. The molecular formula is C20H24N4O2. The molecule has 6 nitrogen and oxygen atoms in total. The predicted molar refractivity (Wildman–Crippen MR) is 97.3 cm³/mol. The van der Waals surface area contributed by atoms with Crippen LogP contribution in [0.1, 0.15) is 48.2 Å². The molecule has 0 radical (unpaired) electrons. The van der Waals surface area contributed by atoms with Crippen molar-refractivity contribution < 1.29 is 9.59 Å². The number of carbonyl (C=O) groups excluding carboxylic acids is 2. The van der Waals surface area contributed by atoms with E-state index in [2.05, 4.69) is 10.3 Å². The highest BCUT2D eigenvalue weighted by atomic mass is 16.2. The summed E-state index contributed by atoms with van der Waals surface area (Å²) in [4.78, 5) is 31.8. The van der Waals surface area contributed by atoms with Crippen molar-refractivity contribution in [3.63, 3.8) is 0 Å². The number of hydrogen-bond donors (Lipinski definition) is 1. The van der Waals surface area contributed by atoms with Crippen LogP contribution in [0.5, 0.6) is 0 Å². The van der Waals surface area contributed by atoms with E-state index in [-0.39, 0.29) is 17.9 Å². The van der Waals surface area contributed by atoms with Gasteiger partial charge in [-0.25, -0.2) is 0 Å². The maximum Gasteiger partial charge on any atom is 0.271 e. The van der Waals surface area contributed by atoms with Gasteiger partial charge in [0.25, 0.3) is 5.91 Å². The summed E-state index contributed by atoms with van der Waals surface area (Å²) in [5.41, 5.74) is 1.56. The van der Waals surface area contributed by atoms with Gasteiger partial charge < -0.3 is 14.8 Å². The number of fused-ring (bicyclic) bond motifs is 1. The summed E-state index contributed by atoms with van der Waals surface area (Å²) in [5.74, 6) is -0.151. The SMILES string of the molecule is O=C(NC1CCCCC1)C1Cn2cccc2C(=O)N1Cc1cccnc1. The molecule has 0 spiro atoms. The van der Waals surface area contributed by atoms with E-state index in [1.807, 2.05) is 35.0 Å². The Kier molecular flexibility index (Phi) is 4.73. The van der Waals surface area contributed by atoms with Crippen LogP contribution >= 0.6 is 0 Å². The van der Waals surface area contributed by atoms with Crippen LogP contribution in [0.25, 0.3) is 0 Å². The summed E-state index contributed by atoms with van der Waals surface area (Å²) in [7, 11) is 0. The Balaban J connectivity index is 1.57. The van der Waals surface area contributed by atoms with Crippen LogP contribution in [0.15, 0.2) is 42.9 Å². The number of amides is 2. The lowest BCUT2D eigenvalue weighted by Gasteiger charge is -2.37. The molecule has 26 heavy (non-hydrogen) atoms. The molecule has 2 aromatic heterocycles. The maximum absolute atomic E-state index is 13.0. The second kappa shape index (κ2) is 7.32. The number of hydrogen-bond acceptors (Lipinski definition) is 3. The van der Waals surface area contributed by atoms with Crippen molar-refractivity contribution in [3.8, 4) is 0 Å². The summed E-state index contributed by atoms with van der Waals surface area (Å²) < 4.78 is 1.88. The number of carbonyl (C=O) groups is 2. The number of aromatic nitrogens is 2. The Hall–Kier alpha value is -2.63. The third kappa shape index (κ3) is 3.36. The van der Waals surface area contributed by atoms with Crippen LogP contribution in [0, 0.1) is 0 Å². The third-order valence-electron chi connectivity index (χ3n) is 5.39. The summed E-state index contributed by atoms with van der Waals surface area (Å²) in [5, 5.41) is 3.19. The maximum atomic E-state index is 13.0. The van der Waals surface area contributed by atoms with E-state index in [0.717, 1.165) is 31.2 Å². The number of nitrogens with zero attached hydrogens (tertiary/aromatic N) is 3. The van der Waals surface area contributed by atoms with E-state index in [1.165, 1.54) is 6.42 Å². The van der Waals surface area contributed by atoms with Crippen LogP contribution in [-0.2, 0) is 17.9 Å². The first kappa shape index (κ1) is 16.8. The molecule has 2 aromatic rings. The van der Waals surface area contributed by atoms with Crippen molar-refractivity contribution in [1.82, 2.24) is 19.8 Å². The van der Waals surface area contributed by atoms with Crippen LogP contribution in [-0.4, -0.2) is 38.3 Å². The summed E-state index contributed by atoms with van der Waals surface area (Å²) in [6.45, 7) is 0.882. The Morgan fingerprint density at radius 2 is 2.04 bits per heavy atom. The molecule has 3 heterocycles. The van der Waals surface area contributed by atoms with Crippen molar-refractivity contribution in [2.75, 3.05) is 0 Å². The molecule has 1 N–H and O–H groups in total. The van der Waals surface area contributed by atoms with Gasteiger partial charge in [0.2, 0.25) is 5.91 Å². The van der Waals surface area contributed by atoms with Crippen LogP contribution < -0.4 is 5.32 Å². The fourth-order valence-corrected chi connectivity index (χ4v) is 3.98. The smallest absolute Gasteiger partial charge is 0.271 e. The van der Waals surface area contributed by atoms with Crippen molar-refractivity contribution in [2.24, 2.45) is 0 Å². The van der Waals surface area contributed by atoms with E-state index in [1.54, 1.807) is 17.3 Å². The molecule has 0 saturated heterocycles. The van der Waals surface area contributed by atoms with E-state index in [0.29, 0.717) is 18.8 Å². The summed E-state index contributed by atoms with van der Waals surface area (Å²) in [6, 6.07) is 7.19. The Morgan fingerprint density at radius 1 is 1.19 bits per heavy atom. The van der Waals surface area contributed by atoms with Crippen LogP contribution in [0.3, 0.4) is 0 Å². The minimum atomic E-state index is -0.496. The fourth-order valence-electron chi connectivity index (χ4n) is 3.98. The average molecular weight is 352 g/mol. The predicted octanol–water partition coefficient (Wildman–Crippen LogP) is 2.36. The lowest BCUT2D eigenvalue weighted by atomic mass is 9.95. The third-order valence-corrected chi connectivity index (χ3v) is 5.39. The Bertz CT molecular complexity index is 780. The van der Waals surface area contributed by atoms with Gasteiger partial charge in [-0.05, 0) is 36.6 Å². The largest absolute Gasteiger partial charge is 0.352 e. The van der Waals surface area contributed by atoms with Gasteiger partial charge in [0.15, 0.2) is 0 Å². The Morgan fingerprint density at radius 3 is 2.81 bits per heavy atom. The zero-order chi connectivity index (χ0) is 17.9. The fraction of sp³-hybridized carbons (Fsp3) is 0.450. The van der Waals surface area contributed by atoms with E-state index in [4.69, 9.17) is 0 Å². The van der Waals surface area contributed by atoms with Gasteiger partial charge in [0, 0.05) is 31.2 Å². The molecule has 6 heteroatoms. The highest BCUT2D eigenvalue weighted by molar-refractivity contribution is 5.97. The van der Waals surface area contributed by atoms with Crippen molar-refractivity contribution in [3.05, 3.63) is 54.1 Å². The summed E-state index contributed by atoms with van der Waals surface area (Å²) in [6.07, 6.45) is 11.0. The molecule has 1 saturated carbocycles. The first-order valence-electron chi connectivity index (χ1n) is 9.38. The molecule has 1 unspecified atom stereocenters. The number of nitrogens with one attached hydrogen (secondary N) is 1. The van der Waals surface area contributed by atoms with E-state index >= 15 is 0 Å². The Labute approximate surface area is 153 Å². The quantitative estimate of drug-likeness (QED) is 0.918. The van der Waals surface area contributed by atoms with Gasteiger partial charge in [0.05, 0.1) is 6.54 Å². The lowest BCUT2D eigenvalue weighted by Crippen LogP contribution is -2.56. The highest BCUT2D eigenvalue weighted by Gasteiger charge is 2.37. The monoisotopic (exact) mass is 352 g/mol. The van der Waals surface area contributed by atoms with Gasteiger partial charge in [-0.15, -0.1) is 0 Å². The topological polar surface area (TPSA) is 67.2 Å². The molecule has 1 fully saturated rings. The van der Waals surface area contributed by atoms with Gasteiger partial charge in [0.1, 0.15) is 11.7 Å². The van der Waals surface area contributed by atoms with Gasteiger partial charge in [-0.2, -0.15) is 0 Å². The molecule has 1 aliphatic carbocycles. The minimum Gasteiger partial charge on any atom is -0.352 e. The van der Waals surface area contributed by atoms with Crippen molar-refractivity contribution >= 4 is 11.8 Å². The average Bonchev–Trinajstić information content (AvgIpc) is 3.14. The number of pyridine rings is 1. The normalized spacial score (nSPS) is 20.7. The second-order valence-corrected chi connectivity index (χ2v) is 7.20. The summed E-state index contributed by atoms with van der Waals surface area (Å²) >= 11 is 0. The van der Waals surface area contributed by atoms with Gasteiger partial charge in [-0.1, -0.05) is 25.3 Å².